The van der Waals surface area contributed by atoms with Crippen molar-refractivity contribution in [2.45, 2.75) is 13.0 Å². The van der Waals surface area contributed by atoms with Crippen molar-refractivity contribution in [3.8, 4) is 5.75 Å². The Hall–Kier alpha value is -2.84. The van der Waals surface area contributed by atoms with E-state index in [1.807, 2.05) is 0 Å². The number of nitrogens with two attached hydrogens (primary N) is 1. The van der Waals surface area contributed by atoms with Crippen LogP contribution in [-0.4, -0.2) is 21.1 Å². The van der Waals surface area contributed by atoms with Crippen LogP contribution in [0.2, 0.25) is 10.0 Å². The van der Waals surface area contributed by atoms with Gasteiger partial charge in [0.05, 0.1) is 29.1 Å². The van der Waals surface area contributed by atoms with Crippen LogP contribution < -0.4 is 21.7 Å². The first-order valence-corrected chi connectivity index (χ1v) is 8.08. The standard InChI is InChI=1S/C16H15Cl2N5O3/c1-2-11(7-20-9-19)26-15-12(17)5-10(6-13(15)18)3-4-23-16(25)22-14(24)8-21-23/h2,5-9H,1,3-4H2,(H2,19,20)(H,22,24,25)/b11-7+. The minimum absolute atomic E-state index is 0.242. The van der Waals surface area contributed by atoms with Crippen molar-refractivity contribution in [2.75, 3.05) is 0 Å². The number of aryl methyl sites for hydroxylation is 2. The second kappa shape index (κ2) is 9.02. The normalized spacial score (nSPS) is 11.7. The zero-order chi connectivity index (χ0) is 19.1. The largest absolute Gasteiger partial charge is 0.453 e. The van der Waals surface area contributed by atoms with Gasteiger partial charge in [-0.1, -0.05) is 29.8 Å². The fourth-order valence-corrected chi connectivity index (χ4v) is 2.59. The maximum atomic E-state index is 11.6. The van der Waals surface area contributed by atoms with Gasteiger partial charge in [0.1, 0.15) is 12.0 Å². The number of rotatable bonds is 7. The Bertz CT molecular complexity index is 955. The quantitative estimate of drug-likeness (QED) is 0.321. The molecule has 8 nitrogen and oxygen atoms in total. The number of aliphatic imine (C=N–C) groups is 1. The molecule has 2 aromatic rings. The number of aromatic amines is 1. The first kappa shape index (κ1) is 19.5. The summed E-state index contributed by atoms with van der Waals surface area (Å²) in [5.74, 6) is 0.557. The molecule has 0 saturated heterocycles. The molecule has 1 aromatic heterocycles. The van der Waals surface area contributed by atoms with Crippen LogP contribution in [0.15, 0.2) is 57.5 Å². The predicted octanol–water partition coefficient (Wildman–Crippen LogP) is 1.87. The average Bonchev–Trinajstić information content (AvgIpc) is 2.60. The molecule has 0 atom stereocenters. The van der Waals surface area contributed by atoms with Crippen LogP contribution in [0.3, 0.4) is 0 Å². The zero-order valence-corrected chi connectivity index (χ0v) is 15.0. The molecule has 3 N–H and O–H groups in total. The lowest BCUT2D eigenvalue weighted by Gasteiger charge is -2.12. The van der Waals surface area contributed by atoms with Crippen LogP contribution in [0, 0.1) is 0 Å². The zero-order valence-electron chi connectivity index (χ0n) is 13.5. The van der Waals surface area contributed by atoms with Gasteiger partial charge < -0.3 is 10.5 Å². The molecule has 10 heteroatoms. The first-order chi connectivity index (χ1) is 12.4. The van der Waals surface area contributed by atoms with Gasteiger partial charge in [-0.25, -0.2) is 14.5 Å². The van der Waals surface area contributed by atoms with E-state index in [-0.39, 0.29) is 22.3 Å². The molecule has 26 heavy (non-hydrogen) atoms. The van der Waals surface area contributed by atoms with Gasteiger partial charge in [0.25, 0.3) is 5.56 Å². The number of aromatic nitrogens is 3. The molecule has 1 aromatic carbocycles. The molecule has 0 radical (unpaired) electrons. The van der Waals surface area contributed by atoms with Crippen LogP contribution in [-0.2, 0) is 13.0 Å². The summed E-state index contributed by atoms with van der Waals surface area (Å²) in [6, 6.07) is 3.32. The molecule has 0 fully saturated rings. The molecule has 0 bridgehead atoms. The van der Waals surface area contributed by atoms with Gasteiger partial charge in [0.15, 0.2) is 5.75 Å². The highest BCUT2D eigenvalue weighted by Gasteiger charge is 2.12. The van der Waals surface area contributed by atoms with Crippen LogP contribution >= 0.6 is 23.2 Å². The van der Waals surface area contributed by atoms with Crippen molar-refractivity contribution in [3.63, 3.8) is 0 Å². The van der Waals surface area contributed by atoms with Gasteiger partial charge in [0, 0.05) is 0 Å². The first-order valence-electron chi connectivity index (χ1n) is 7.32. The van der Waals surface area contributed by atoms with Gasteiger partial charge in [-0.05, 0) is 30.2 Å². The van der Waals surface area contributed by atoms with E-state index in [4.69, 9.17) is 33.7 Å². The van der Waals surface area contributed by atoms with E-state index in [2.05, 4.69) is 21.7 Å². The summed E-state index contributed by atoms with van der Waals surface area (Å²) in [5.41, 5.74) is 4.80. The Morgan fingerprint density at radius 3 is 2.65 bits per heavy atom. The molecule has 0 aliphatic heterocycles. The summed E-state index contributed by atoms with van der Waals surface area (Å²) in [6.45, 7) is 3.85. The van der Waals surface area contributed by atoms with Crippen molar-refractivity contribution >= 4 is 29.5 Å². The summed E-state index contributed by atoms with van der Waals surface area (Å²) in [6.07, 6.45) is 5.35. The molecule has 0 aliphatic carbocycles. The third kappa shape index (κ3) is 5.08. The minimum atomic E-state index is -0.587. The van der Waals surface area contributed by atoms with Crippen molar-refractivity contribution in [1.29, 1.82) is 0 Å². The Morgan fingerprint density at radius 2 is 2.08 bits per heavy atom. The van der Waals surface area contributed by atoms with Crippen molar-refractivity contribution in [3.05, 3.63) is 79.4 Å². The summed E-state index contributed by atoms with van der Waals surface area (Å²) in [4.78, 5) is 28.5. The SMILES string of the molecule is C=C/C(=C\N=CN)Oc1c(Cl)cc(CCn2ncc(=O)[nH]c2=O)cc1Cl. The van der Waals surface area contributed by atoms with E-state index in [9.17, 15) is 9.59 Å². The lowest BCUT2D eigenvalue weighted by molar-refractivity contribution is 0.443. The highest BCUT2D eigenvalue weighted by atomic mass is 35.5. The molecule has 0 aliphatic rings. The van der Waals surface area contributed by atoms with Gasteiger partial charge >= 0.3 is 5.69 Å². The second-order valence-corrected chi connectivity index (χ2v) is 5.75. The summed E-state index contributed by atoms with van der Waals surface area (Å²) in [5, 5.41) is 4.32. The van der Waals surface area contributed by atoms with Crippen molar-refractivity contribution in [1.82, 2.24) is 14.8 Å². The van der Waals surface area contributed by atoms with Crippen LogP contribution in [0.1, 0.15) is 5.56 Å². The molecular formula is C16H15Cl2N5O3. The Morgan fingerprint density at radius 1 is 1.38 bits per heavy atom. The molecule has 136 valence electrons. The average molecular weight is 396 g/mol. The van der Waals surface area contributed by atoms with Crippen LogP contribution in [0.5, 0.6) is 5.75 Å². The fourth-order valence-electron chi connectivity index (χ4n) is 1.98. The maximum absolute atomic E-state index is 11.6. The maximum Gasteiger partial charge on any atom is 0.344 e. The highest BCUT2D eigenvalue weighted by Crippen LogP contribution is 2.35. The summed E-state index contributed by atoms with van der Waals surface area (Å²) in [7, 11) is 0. The summed E-state index contributed by atoms with van der Waals surface area (Å²) < 4.78 is 6.72. The second-order valence-electron chi connectivity index (χ2n) is 4.94. The van der Waals surface area contributed by atoms with E-state index in [1.165, 1.54) is 12.3 Å². The third-order valence-corrected chi connectivity index (χ3v) is 3.72. The van der Waals surface area contributed by atoms with E-state index >= 15 is 0 Å². The highest BCUT2D eigenvalue weighted by molar-refractivity contribution is 6.37. The minimum Gasteiger partial charge on any atom is -0.453 e. The number of hydrogen-bond donors (Lipinski definition) is 2. The number of nitrogens with zero attached hydrogens (tertiary/aromatic N) is 3. The van der Waals surface area contributed by atoms with Crippen LogP contribution in [0.25, 0.3) is 0 Å². The van der Waals surface area contributed by atoms with Gasteiger partial charge in [0.2, 0.25) is 0 Å². The van der Waals surface area contributed by atoms with E-state index in [1.54, 1.807) is 12.1 Å². The van der Waals surface area contributed by atoms with E-state index in [0.717, 1.165) is 22.8 Å². The topological polar surface area (TPSA) is 115 Å². The van der Waals surface area contributed by atoms with E-state index in [0.29, 0.717) is 12.2 Å². The van der Waals surface area contributed by atoms with Crippen LogP contribution in [0.4, 0.5) is 0 Å². The number of nitrogens with one attached hydrogen (secondary N) is 1. The lowest BCUT2D eigenvalue weighted by atomic mass is 10.1. The number of benzene rings is 1. The molecule has 1 heterocycles. The monoisotopic (exact) mass is 395 g/mol. The number of H-pyrrole nitrogens is 1. The van der Waals surface area contributed by atoms with Crippen molar-refractivity contribution < 1.29 is 4.74 Å². The molecule has 0 saturated carbocycles. The molecule has 2 rings (SSSR count). The van der Waals surface area contributed by atoms with Gasteiger partial charge in [-0.2, -0.15) is 5.10 Å². The lowest BCUT2D eigenvalue weighted by Crippen LogP contribution is -2.31. The smallest absolute Gasteiger partial charge is 0.344 e. The fraction of sp³-hybridized carbons (Fsp3) is 0.125. The Balaban J connectivity index is 2.19. The molecular weight excluding hydrogens is 381 g/mol. The molecule has 0 unspecified atom stereocenters. The predicted molar refractivity (Wildman–Crippen MR) is 101 cm³/mol. The molecule has 0 spiro atoms. The number of hydrogen-bond acceptors (Lipinski definition) is 5. The third-order valence-electron chi connectivity index (χ3n) is 3.16. The van der Waals surface area contributed by atoms with Crippen molar-refractivity contribution in [2.24, 2.45) is 10.7 Å². The number of halogens is 2. The molecule has 0 amide bonds. The Kier molecular flexibility index (Phi) is 6.76. The number of allylic oxidation sites excluding steroid dienone is 1. The Labute approximate surface area is 158 Å². The number of ether oxygens (including phenoxy) is 1. The summed E-state index contributed by atoms with van der Waals surface area (Å²) >= 11 is 12.5. The van der Waals surface area contributed by atoms with E-state index < -0.39 is 11.2 Å². The van der Waals surface area contributed by atoms with Gasteiger partial charge in [-0.15, -0.1) is 0 Å². The van der Waals surface area contributed by atoms with Gasteiger partial charge in [-0.3, -0.25) is 9.78 Å².